The predicted molar refractivity (Wildman–Crippen MR) is 145 cm³/mol. The fraction of sp³-hybridized carbons (Fsp3) is 0.517. The minimum absolute atomic E-state index is 0.164. The molecule has 0 unspecified atom stereocenters. The van der Waals surface area contributed by atoms with Crippen molar-refractivity contribution < 1.29 is 23.5 Å². The maximum absolute atomic E-state index is 13.4. The number of ether oxygens (including phenoxy) is 2. The van der Waals surface area contributed by atoms with Gasteiger partial charge in [0.25, 0.3) is 8.32 Å². The number of nitrogens with zero attached hydrogens (tertiary/aromatic N) is 1. The monoisotopic (exact) mass is 511 g/mol. The van der Waals surface area contributed by atoms with E-state index in [1.807, 2.05) is 71.0 Å². The molecule has 7 heteroatoms. The average Bonchev–Trinajstić information content (AvgIpc) is 3.03. The third kappa shape index (κ3) is 5.74. The van der Waals surface area contributed by atoms with Crippen LogP contribution in [0, 0.1) is 0 Å². The summed E-state index contributed by atoms with van der Waals surface area (Å²) in [4.78, 5) is 26.6. The van der Waals surface area contributed by atoms with E-state index < -0.39 is 37.9 Å². The summed E-state index contributed by atoms with van der Waals surface area (Å²) in [5.74, 6) is 0. The van der Waals surface area contributed by atoms with Gasteiger partial charge in [-0.15, -0.1) is 0 Å². The molecule has 0 bridgehead atoms. The van der Waals surface area contributed by atoms with Crippen LogP contribution in [0.1, 0.15) is 61.8 Å². The van der Waals surface area contributed by atoms with Crippen LogP contribution in [0.25, 0.3) is 0 Å². The molecular weight excluding hydrogens is 470 g/mol. The van der Waals surface area contributed by atoms with Crippen molar-refractivity contribution in [3.05, 3.63) is 60.7 Å². The van der Waals surface area contributed by atoms with Crippen LogP contribution in [0.5, 0.6) is 0 Å². The Morgan fingerprint density at radius 3 is 1.89 bits per heavy atom. The van der Waals surface area contributed by atoms with Gasteiger partial charge in [-0.05, 0) is 50.0 Å². The second kappa shape index (κ2) is 10.5. The van der Waals surface area contributed by atoms with Crippen LogP contribution in [0.3, 0.4) is 0 Å². The molecule has 0 aromatic heterocycles. The summed E-state index contributed by atoms with van der Waals surface area (Å²) in [6.45, 7) is 16.0. The van der Waals surface area contributed by atoms with Gasteiger partial charge in [0.1, 0.15) is 17.6 Å². The summed E-state index contributed by atoms with van der Waals surface area (Å²) in [7, 11) is -2.85. The van der Waals surface area contributed by atoms with Crippen LogP contribution >= 0.6 is 0 Å². The molecule has 0 saturated carbocycles. The number of rotatable bonds is 7. The van der Waals surface area contributed by atoms with Crippen LogP contribution in [0.2, 0.25) is 5.04 Å². The summed E-state index contributed by atoms with van der Waals surface area (Å²) >= 11 is 0. The van der Waals surface area contributed by atoms with Crippen LogP contribution in [-0.4, -0.2) is 55.7 Å². The first kappa shape index (κ1) is 28.1. The topological polar surface area (TPSA) is 65.1 Å². The molecular formula is C29H41NO5Si. The lowest BCUT2D eigenvalue weighted by Crippen LogP contribution is -2.67. The van der Waals surface area contributed by atoms with E-state index in [-0.39, 0.29) is 18.1 Å². The van der Waals surface area contributed by atoms with Gasteiger partial charge in [-0.3, -0.25) is 4.90 Å². The molecule has 1 fully saturated rings. The third-order valence-electron chi connectivity index (χ3n) is 6.59. The van der Waals surface area contributed by atoms with E-state index in [1.165, 1.54) is 0 Å². The zero-order valence-corrected chi connectivity index (χ0v) is 23.9. The molecule has 1 heterocycles. The molecule has 6 nitrogen and oxygen atoms in total. The van der Waals surface area contributed by atoms with Crippen molar-refractivity contribution in [1.29, 1.82) is 0 Å². The quantitative estimate of drug-likeness (QED) is 0.391. The Kier molecular flexibility index (Phi) is 8.18. The molecule has 0 radical (unpaired) electrons. The SMILES string of the molecule is CC(C)(C)OC(=O)N1[C@@H](CO[Si](c2ccccc2)(c2ccccc2)C(C)(C)C)[C@H](CC=O)OC1(C)C. The molecule has 1 saturated heterocycles. The summed E-state index contributed by atoms with van der Waals surface area (Å²) in [6.07, 6.45) is 0.0346. The first-order valence-corrected chi connectivity index (χ1v) is 14.5. The number of carbonyl (C=O) groups is 2. The van der Waals surface area contributed by atoms with Gasteiger partial charge in [-0.25, -0.2) is 4.79 Å². The number of hydrogen-bond acceptors (Lipinski definition) is 5. The molecule has 0 spiro atoms. The smallest absolute Gasteiger partial charge is 0.412 e. The van der Waals surface area contributed by atoms with E-state index in [0.29, 0.717) is 0 Å². The van der Waals surface area contributed by atoms with Gasteiger partial charge in [-0.1, -0.05) is 81.4 Å². The van der Waals surface area contributed by atoms with E-state index in [1.54, 1.807) is 4.90 Å². The Bertz CT molecular complexity index is 988. The van der Waals surface area contributed by atoms with Crippen molar-refractivity contribution in [1.82, 2.24) is 4.90 Å². The minimum Gasteiger partial charge on any atom is -0.444 e. The maximum atomic E-state index is 13.4. The number of hydrogen-bond donors (Lipinski definition) is 0. The first-order valence-electron chi connectivity index (χ1n) is 12.6. The molecule has 2 aromatic rings. The summed E-state index contributed by atoms with van der Waals surface area (Å²) in [6, 6.07) is 20.2. The lowest BCUT2D eigenvalue weighted by molar-refractivity contribution is -0.112. The highest BCUT2D eigenvalue weighted by molar-refractivity contribution is 6.99. The van der Waals surface area contributed by atoms with Gasteiger partial charge < -0.3 is 18.7 Å². The zero-order chi connectivity index (χ0) is 26.8. The highest BCUT2D eigenvalue weighted by Gasteiger charge is 2.55. The average molecular weight is 512 g/mol. The van der Waals surface area contributed by atoms with Crippen LogP contribution in [0.15, 0.2) is 60.7 Å². The highest BCUT2D eigenvalue weighted by atomic mass is 28.4. The van der Waals surface area contributed by atoms with Crippen molar-refractivity contribution in [2.24, 2.45) is 0 Å². The second-order valence-corrected chi connectivity index (χ2v) is 16.2. The van der Waals surface area contributed by atoms with Crippen molar-refractivity contribution in [2.75, 3.05) is 6.61 Å². The summed E-state index contributed by atoms with van der Waals surface area (Å²) < 4.78 is 19.1. The van der Waals surface area contributed by atoms with Gasteiger partial charge in [-0.2, -0.15) is 0 Å². The van der Waals surface area contributed by atoms with Crippen molar-refractivity contribution in [3.63, 3.8) is 0 Å². The molecule has 3 rings (SSSR count). The van der Waals surface area contributed by atoms with Crippen LogP contribution in [0.4, 0.5) is 4.79 Å². The Balaban J connectivity index is 2.09. The standard InChI is InChI=1S/C29H41NO5Si/c1-27(2,3)35-26(32)30-24(25(19-20-31)34-29(30,7)8)21-33-36(28(4,5)6,22-15-11-9-12-16-22)23-17-13-10-14-18-23/h9-18,20,24-25H,19,21H2,1-8H3/t24-,25-/m0/s1. The number of aldehydes is 1. The predicted octanol–water partition coefficient (Wildman–Crippen LogP) is 4.89. The molecule has 2 atom stereocenters. The molecule has 36 heavy (non-hydrogen) atoms. The normalized spacial score (nSPS) is 20.3. The van der Waals surface area contributed by atoms with Gasteiger partial charge in [0.05, 0.1) is 18.8 Å². The van der Waals surface area contributed by atoms with Crippen LogP contribution < -0.4 is 10.4 Å². The van der Waals surface area contributed by atoms with Crippen LogP contribution in [-0.2, 0) is 18.7 Å². The summed E-state index contributed by atoms with van der Waals surface area (Å²) in [5.41, 5.74) is -1.62. The van der Waals surface area contributed by atoms with E-state index >= 15 is 0 Å². The van der Waals surface area contributed by atoms with Gasteiger partial charge >= 0.3 is 6.09 Å². The molecule has 1 aliphatic heterocycles. The molecule has 0 aliphatic carbocycles. The maximum Gasteiger partial charge on any atom is 0.412 e. The van der Waals surface area contributed by atoms with E-state index in [4.69, 9.17) is 13.9 Å². The van der Waals surface area contributed by atoms with E-state index in [2.05, 4.69) is 45.0 Å². The van der Waals surface area contributed by atoms with E-state index in [0.717, 1.165) is 16.7 Å². The number of benzene rings is 2. The van der Waals surface area contributed by atoms with Gasteiger partial charge in [0.2, 0.25) is 0 Å². The third-order valence-corrected chi connectivity index (χ3v) is 11.6. The van der Waals surface area contributed by atoms with Crippen molar-refractivity contribution >= 4 is 31.1 Å². The van der Waals surface area contributed by atoms with Gasteiger partial charge in [0.15, 0.2) is 0 Å². The minimum atomic E-state index is -2.85. The number of carbonyl (C=O) groups excluding carboxylic acids is 2. The second-order valence-electron chi connectivity index (χ2n) is 11.9. The molecule has 196 valence electrons. The lowest BCUT2D eigenvalue weighted by atomic mass is 10.1. The van der Waals surface area contributed by atoms with Gasteiger partial charge in [0, 0.05) is 6.42 Å². The summed E-state index contributed by atoms with van der Waals surface area (Å²) in [5, 5.41) is 2.08. The van der Waals surface area contributed by atoms with Crippen molar-refractivity contribution in [2.45, 2.75) is 90.3 Å². The highest BCUT2D eigenvalue weighted by Crippen LogP contribution is 2.39. The van der Waals surface area contributed by atoms with Crippen molar-refractivity contribution in [3.8, 4) is 0 Å². The fourth-order valence-electron chi connectivity index (χ4n) is 5.19. The van der Waals surface area contributed by atoms with E-state index in [9.17, 15) is 9.59 Å². The lowest BCUT2D eigenvalue weighted by Gasteiger charge is -2.44. The Labute approximate surface area is 217 Å². The molecule has 1 amide bonds. The molecule has 0 N–H and O–H groups in total. The first-order chi connectivity index (χ1) is 16.7. The number of amides is 1. The largest absolute Gasteiger partial charge is 0.444 e. The Morgan fingerprint density at radius 2 is 1.47 bits per heavy atom. The molecule has 2 aromatic carbocycles. The zero-order valence-electron chi connectivity index (χ0n) is 22.9. The Hall–Kier alpha value is -2.48. The molecule has 1 aliphatic rings. The fourth-order valence-corrected chi connectivity index (χ4v) is 9.77. The Morgan fingerprint density at radius 1 is 0.972 bits per heavy atom.